The number of halogens is 1. The smallest absolute Gasteiger partial charge is 0.221 e. The second kappa shape index (κ2) is 5.85. The molecular formula is C17H21FN2O. The molecule has 0 saturated heterocycles. The van der Waals surface area contributed by atoms with Gasteiger partial charge in [-0.2, -0.15) is 5.26 Å². The minimum Gasteiger partial charge on any atom is -0.338 e. The molecule has 1 aliphatic carbocycles. The first-order valence-electron chi connectivity index (χ1n) is 7.31. The van der Waals surface area contributed by atoms with Crippen LogP contribution in [0.25, 0.3) is 0 Å². The number of nitriles is 1. The summed E-state index contributed by atoms with van der Waals surface area (Å²) < 4.78 is 13.4. The van der Waals surface area contributed by atoms with Crippen LogP contribution in [0, 0.1) is 30.0 Å². The van der Waals surface area contributed by atoms with E-state index in [2.05, 4.69) is 11.4 Å². The Morgan fingerprint density at radius 2 is 2.19 bits per heavy atom. The van der Waals surface area contributed by atoms with Crippen LogP contribution in [0.1, 0.15) is 50.2 Å². The molecule has 1 aromatic carbocycles. The highest BCUT2D eigenvalue weighted by molar-refractivity contribution is 5.78. The normalized spacial score (nSPS) is 16.1. The van der Waals surface area contributed by atoms with Gasteiger partial charge in [0.15, 0.2) is 0 Å². The van der Waals surface area contributed by atoms with Gasteiger partial charge in [-0.1, -0.05) is 12.1 Å². The Morgan fingerprint density at radius 1 is 1.52 bits per heavy atom. The van der Waals surface area contributed by atoms with Crippen LogP contribution in [0.3, 0.4) is 0 Å². The van der Waals surface area contributed by atoms with Gasteiger partial charge in [0, 0.05) is 6.42 Å². The van der Waals surface area contributed by atoms with E-state index < -0.39 is 5.54 Å². The van der Waals surface area contributed by atoms with Crippen LogP contribution in [-0.2, 0) is 4.79 Å². The molecular weight excluding hydrogens is 267 g/mol. The lowest BCUT2D eigenvalue weighted by atomic mass is 9.89. The van der Waals surface area contributed by atoms with E-state index in [1.165, 1.54) is 6.07 Å². The maximum absolute atomic E-state index is 13.4. The Balaban J connectivity index is 2.11. The first-order valence-corrected chi connectivity index (χ1v) is 7.31. The third kappa shape index (κ3) is 4.04. The molecule has 3 nitrogen and oxygen atoms in total. The van der Waals surface area contributed by atoms with E-state index in [1.807, 2.05) is 6.07 Å². The summed E-state index contributed by atoms with van der Waals surface area (Å²) in [7, 11) is 0. The number of rotatable bonds is 5. The predicted molar refractivity (Wildman–Crippen MR) is 79.1 cm³/mol. The Labute approximate surface area is 125 Å². The lowest BCUT2D eigenvalue weighted by Crippen LogP contribution is -2.42. The van der Waals surface area contributed by atoms with Crippen LogP contribution < -0.4 is 5.32 Å². The molecule has 1 aromatic rings. The summed E-state index contributed by atoms with van der Waals surface area (Å²) in [4.78, 5) is 12.1. The third-order valence-electron chi connectivity index (χ3n) is 3.94. The first kappa shape index (κ1) is 15.5. The summed E-state index contributed by atoms with van der Waals surface area (Å²) in [6.45, 7) is 5.10. The lowest BCUT2D eigenvalue weighted by Gasteiger charge is -2.21. The summed E-state index contributed by atoms with van der Waals surface area (Å²) in [5, 5.41) is 11.7. The van der Waals surface area contributed by atoms with Gasteiger partial charge in [-0.05, 0) is 62.6 Å². The van der Waals surface area contributed by atoms with Gasteiger partial charge in [0.05, 0.1) is 6.07 Å². The Morgan fingerprint density at radius 3 is 2.71 bits per heavy atom. The summed E-state index contributed by atoms with van der Waals surface area (Å²) >= 11 is 0. The number of hydrogen-bond donors (Lipinski definition) is 1. The molecule has 0 heterocycles. The van der Waals surface area contributed by atoms with Crippen molar-refractivity contribution in [3.8, 4) is 6.07 Å². The number of nitrogens with one attached hydrogen (secondary N) is 1. The molecule has 1 saturated carbocycles. The van der Waals surface area contributed by atoms with Crippen molar-refractivity contribution in [1.82, 2.24) is 5.32 Å². The van der Waals surface area contributed by atoms with E-state index in [1.54, 1.807) is 26.8 Å². The summed E-state index contributed by atoms with van der Waals surface area (Å²) in [6, 6.07) is 7.14. The van der Waals surface area contributed by atoms with E-state index in [4.69, 9.17) is 5.26 Å². The molecule has 1 fully saturated rings. The highest BCUT2D eigenvalue weighted by Gasteiger charge is 2.34. The van der Waals surface area contributed by atoms with Crippen LogP contribution in [0.4, 0.5) is 4.39 Å². The Kier molecular flexibility index (Phi) is 4.32. The van der Waals surface area contributed by atoms with Gasteiger partial charge in [-0.3, -0.25) is 4.79 Å². The molecule has 1 atom stereocenters. The van der Waals surface area contributed by atoms with Crippen molar-refractivity contribution >= 4 is 5.91 Å². The maximum Gasteiger partial charge on any atom is 0.221 e. The molecule has 1 amide bonds. The SMILES string of the molecule is Cc1cc(C(CC(=O)NC(C)(C)C#N)C2CC2)ccc1F. The molecule has 0 radical (unpaired) electrons. The van der Waals surface area contributed by atoms with Gasteiger partial charge in [0.1, 0.15) is 11.4 Å². The molecule has 4 heteroatoms. The van der Waals surface area contributed by atoms with Crippen LogP contribution >= 0.6 is 0 Å². The highest BCUT2D eigenvalue weighted by atomic mass is 19.1. The average Bonchev–Trinajstić information content (AvgIpc) is 3.23. The van der Waals surface area contributed by atoms with Crippen molar-refractivity contribution < 1.29 is 9.18 Å². The standard InChI is InChI=1S/C17H21FN2O/c1-11-8-13(6-7-15(11)18)14(12-4-5-12)9-16(21)20-17(2,3)10-19/h6-8,12,14H,4-5,9H2,1-3H3,(H,20,21). The summed E-state index contributed by atoms with van der Waals surface area (Å²) in [5.41, 5.74) is 0.765. The summed E-state index contributed by atoms with van der Waals surface area (Å²) in [6.07, 6.45) is 2.56. The van der Waals surface area contributed by atoms with Gasteiger partial charge in [0.25, 0.3) is 0 Å². The fraction of sp³-hybridized carbons (Fsp3) is 0.529. The zero-order chi connectivity index (χ0) is 15.6. The van der Waals surface area contributed by atoms with Gasteiger partial charge < -0.3 is 5.32 Å². The average molecular weight is 288 g/mol. The zero-order valence-electron chi connectivity index (χ0n) is 12.7. The quantitative estimate of drug-likeness (QED) is 0.902. The molecule has 112 valence electrons. The maximum atomic E-state index is 13.4. The largest absolute Gasteiger partial charge is 0.338 e. The van der Waals surface area contributed by atoms with E-state index in [-0.39, 0.29) is 17.6 Å². The molecule has 1 unspecified atom stereocenters. The summed E-state index contributed by atoms with van der Waals surface area (Å²) in [5.74, 6) is 0.258. The van der Waals surface area contributed by atoms with Crippen molar-refractivity contribution in [3.05, 3.63) is 35.1 Å². The molecule has 21 heavy (non-hydrogen) atoms. The van der Waals surface area contributed by atoms with Gasteiger partial charge >= 0.3 is 0 Å². The monoisotopic (exact) mass is 288 g/mol. The van der Waals surface area contributed by atoms with E-state index in [0.29, 0.717) is 17.9 Å². The number of aryl methyl sites for hydroxylation is 1. The van der Waals surface area contributed by atoms with Crippen LogP contribution in [-0.4, -0.2) is 11.4 Å². The van der Waals surface area contributed by atoms with E-state index in [0.717, 1.165) is 18.4 Å². The fourth-order valence-electron chi connectivity index (χ4n) is 2.58. The molecule has 0 aromatic heterocycles. The Bertz CT molecular complexity index is 585. The highest BCUT2D eigenvalue weighted by Crippen LogP contribution is 2.44. The zero-order valence-corrected chi connectivity index (χ0v) is 12.7. The van der Waals surface area contributed by atoms with Gasteiger partial charge in [0.2, 0.25) is 5.91 Å². The number of amides is 1. The number of carbonyl (C=O) groups excluding carboxylic acids is 1. The van der Waals surface area contributed by atoms with Crippen LogP contribution in [0.15, 0.2) is 18.2 Å². The van der Waals surface area contributed by atoms with Crippen molar-refractivity contribution in [2.75, 3.05) is 0 Å². The molecule has 0 spiro atoms. The topological polar surface area (TPSA) is 52.9 Å². The van der Waals surface area contributed by atoms with Crippen molar-refractivity contribution in [3.63, 3.8) is 0 Å². The number of nitrogens with zero attached hydrogens (tertiary/aromatic N) is 1. The van der Waals surface area contributed by atoms with Gasteiger partial charge in [-0.15, -0.1) is 0 Å². The molecule has 0 bridgehead atoms. The fourth-order valence-corrected chi connectivity index (χ4v) is 2.58. The molecule has 1 N–H and O–H groups in total. The number of carbonyl (C=O) groups is 1. The van der Waals surface area contributed by atoms with Gasteiger partial charge in [-0.25, -0.2) is 4.39 Å². The molecule has 0 aliphatic heterocycles. The van der Waals surface area contributed by atoms with Crippen molar-refractivity contribution in [1.29, 1.82) is 5.26 Å². The first-order chi connectivity index (χ1) is 9.82. The molecule has 2 rings (SSSR count). The Hall–Kier alpha value is -1.89. The van der Waals surface area contributed by atoms with Crippen molar-refractivity contribution in [2.45, 2.75) is 51.5 Å². The van der Waals surface area contributed by atoms with Crippen molar-refractivity contribution in [2.24, 2.45) is 5.92 Å². The number of benzene rings is 1. The van der Waals surface area contributed by atoms with E-state index >= 15 is 0 Å². The number of hydrogen-bond acceptors (Lipinski definition) is 2. The second-order valence-electron chi connectivity index (χ2n) is 6.44. The van der Waals surface area contributed by atoms with E-state index in [9.17, 15) is 9.18 Å². The minimum absolute atomic E-state index is 0.110. The minimum atomic E-state index is -0.857. The second-order valence-corrected chi connectivity index (χ2v) is 6.44. The molecule has 1 aliphatic rings. The third-order valence-corrected chi connectivity index (χ3v) is 3.94. The van der Waals surface area contributed by atoms with Crippen LogP contribution in [0.5, 0.6) is 0 Å². The van der Waals surface area contributed by atoms with Crippen LogP contribution in [0.2, 0.25) is 0 Å². The predicted octanol–water partition coefficient (Wildman–Crippen LogP) is 3.44. The lowest BCUT2D eigenvalue weighted by molar-refractivity contribution is -0.122.